The second-order valence-corrected chi connectivity index (χ2v) is 4.99. The minimum Gasteiger partial charge on any atom is -0.398 e. The molecule has 0 aliphatic rings. The monoisotopic (exact) mass is 290 g/mol. The normalized spacial score (nSPS) is 11.2. The summed E-state index contributed by atoms with van der Waals surface area (Å²) < 4.78 is 26.5. The Morgan fingerprint density at radius 2 is 1.90 bits per heavy atom. The van der Waals surface area contributed by atoms with E-state index >= 15 is 0 Å². The largest absolute Gasteiger partial charge is 0.398 e. The van der Waals surface area contributed by atoms with E-state index in [0.717, 1.165) is 12.5 Å². The van der Waals surface area contributed by atoms with Crippen LogP contribution in [0.25, 0.3) is 0 Å². The predicted molar refractivity (Wildman–Crippen MR) is 79.6 cm³/mol. The molecule has 0 aliphatic heterocycles. The average molecular weight is 290 g/mol. The fourth-order valence-corrected chi connectivity index (χ4v) is 1.85. The Hall–Kier alpha value is -2.43. The molecule has 110 valence electrons. The number of carbonyl (C=O) groups excluding carboxylic acids is 1. The Bertz CT molecular complexity index is 678. The van der Waals surface area contributed by atoms with Crippen molar-refractivity contribution in [3.05, 3.63) is 59.2 Å². The van der Waals surface area contributed by atoms with Crippen LogP contribution in [0.5, 0.6) is 0 Å². The van der Waals surface area contributed by atoms with E-state index in [1.165, 1.54) is 24.3 Å². The zero-order chi connectivity index (χ0) is 15.6. The summed E-state index contributed by atoms with van der Waals surface area (Å²) >= 11 is 0. The number of alkyl halides is 2. The average Bonchev–Trinajstić information content (AvgIpc) is 2.42. The van der Waals surface area contributed by atoms with Crippen molar-refractivity contribution in [2.75, 3.05) is 11.1 Å². The molecule has 0 saturated heterocycles. The number of nitrogens with one attached hydrogen (secondary N) is 1. The van der Waals surface area contributed by atoms with E-state index in [0.29, 0.717) is 11.4 Å². The molecule has 0 heterocycles. The van der Waals surface area contributed by atoms with Crippen LogP contribution in [0.2, 0.25) is 0 Å². The Labute approximate surface area is 121 Å². The van der Waals surface area contributed by atoms with Crippen molar-refractivity contribution in [2.24, 2.45) is 0 Å². The van der Waals surface area contributed by atoms with E-state index in [-0.39, 0.29) is 11.1 Å². The lowest BCUT2D eigenvalue weighted by molar-refractivity contribution is 0.0174. The molecule has 3 nitrogen and oxygen atoms in total. The van der Waals surface area contributed by atoms with Crippen molar-refractivity contribution in [3.63, 3.8) is 0 Å². The number of nitrogens with two attached hydrogens (primary N) is 1. The molecule has 0 aromatic heterocycles. The Morgan fingerprint density at radius 3 is 2.52 bits per heavy atom. The molecule has 3 N–H and O–H groups in total. The molecular weight excluding hydrogens is 274 g/mol. The van der Waals surface area contributed by atoms with Gasteiger partial charge >= 0.3 is 0 Å². The lowest BCUT2D eigenvalue weighted by Gasteiger charge is -2.12. The van der Waals surface area contributed by atoms with Crippen LogP contribution in [0.15, 0.2) is 42.5 Å². The van der Waals surface area contributed by atoms with Gasteiger partial charge in [0.25, 0.3) is 11.8 Å². The maximum absolute atomic E-state index is 13.3. The maximum Gasteiger partial charge on any atom is 0.270 e. The van der Waals surface area contributed by atoms with Crippen molar-refractivity contribution in [3.8, 4) is 0 Å². The van der Waals surface area contributed by atoms with Crippen molar-refractivity contribution < 1.29 is 13.6 Å². The highest BCUT2D eigenvalue weighted by molar-refractivity contribution is 6.04. The van der Waals surface area contributed by atoms with Gasteiger partial charge in [-0.05, 0) is 36.8 Å². The van der Waals surface area contributed by atoms with Gasteiger partial charge in [0.2, 0.25) is 0 Å². The van der Waals surface area contributed by atoms with E-state index in [9.17, 15) is 13.6 Å². The fraction of sp³-hybridized carbons (Fsp3) is 0.188. The molecule has 0 aliphatic carbocycles. The quantitative estimate of drug-likeness (QED) is 0.841. The van der Waals surface area contributed by atoms with Gasteiger partial charge in [-0.15, -0.1) is 0 Å². The van der Waals surface area contributed by atoms with Crippen LogP contribution in [0.4, 0.5) is 20.2 Å². The minimum absolute atomic E-state index is 0.174. The number of amides is 1. The summed E-state index contributed by atoms with van der Waals surface area (Å²) in [5.74, 6) is -3.44. The first-order valence-electron chi connectivity index (χ1n) is 6.43. The van der Waals surface area contributed by atoms with Gasteiger partial charge in [0.15, 0.2) is 0 Å². The van der Waals surface area contributed by atoms with Gasteiger partial charge in [0, 0.05) is 29.4 Å². The summed E-state index contributed by atoms with van der Waals surface area (Å²) in [6.07, 6.45) is 0. The molecule has 0 atom stereocenters. The molecule has 5 heteroatoms. The third-order valence-electron chi connectivity index (χ3n) is 3.17. The number of aryl methyl sites for hydroxylation is 1. The summed E-state index contributed by atoms with van der Waals surface area (Å²) in [7, 11) is 0. The molecule has 0 radical (unpaired) electrons. The van der Waals surface area contributed by atoms with Gasteiger partial charge in [-0.3, -0.25) is 4.79 Å². The van der Waals surface area contributed by atoms with Gasteiger partial charge in [-0.25, -0.2) is 8.78 Å². The van der Waals surface area contributed by atoms with E-state index < -0.39 is 11.8 Å². The lowest BCUT2D eigenvalue weighted by Crippen LogP contribution is -2.14. The van der Waals surface area contributed by atoms with E-state index in [4.69, 9.17) is 5.73 Å². The highest BCUT2D eigenvalue weighted by Gasteiger charge is 2.24. The first-order chi connectivity index (χ1) is 9.77. The van der Waals surface area contributed by atoms with Crippen LogP contribution in [-0.2, 0) is 5.92 Å². The third kappa shape index (κ3) is 3.56. The highest BCUT2D eigenvalue weighted by Crippen LogP contribution is 2.27. The molecular formula is C16H16F2N2O. The standard InChI is InChI=1S/C16H16F2N2O/c1-10-6-7-13(9-14(10)19)20-15(21)11-4-3-5-12(8-11)16(2,17)18/h3-9H,19H2,1-2H3,(H,20,21). The van der Waals surface area contributed by atoms with Crippen LogP contribution in [0, 0.1) is 6.92 Å². The Balaban J connectivity index is 2.22. The number of hydrogen-bond acceptors (Lipinski definition) is 2. The van der Waals surface area contributed by atoms with Crippen molar-refractivity contribution in [1.29, 1.82) is 0 Å². The second-order valence-electron chi connectivity index (χ2n) is 4.99. The molecule has 0 fully saturated rings. The topological polar surface area (TPSA) is 55.1 Å². The molecule has 2 aromatic carbocycles. The Kier molecular flexibility index (Phi) is 3.93. The smallest absolute Gasteiger partial charge is 0.270 e. The number of nitrogen functional groups attached to an aromatic ring is 1. The summed E-state index contributed by atoms with van der Waals surface area (Å²) in [5, 5.41) is 2.64. The zero-order valence-corrected chi connectivity index (χ0v) is 11.8. The van der Waals surface area contributed by atoms with E-state index in [2.05, 4.69) is 5.32 Å². The summed E-state index contributed by atoms with van der Waals surface area (Å²) in [6.45, 7) is 2.65. The van der Waals surface area contributed by atoms with Gasteiger partial charge in [-0.2, -0.15) is 0 Å². The van der Waals surface area contributed by atoms with Crippen LogP contribution in [0.1, 0.15) is 28.4 Å². The summed E-state index contributed by atoms with van der Waals surface area (Å²) in [4.78, 5) is 12.1. The molecule has 1 amide bonds. The number of hydrogen-bond donors (Lipinski definition) is 2. The van der Waals surface area contributed by atoms with Crippen molar-refractivity contribution >= 4 is 17.3 Å². The second kappa shape index (κ2) is 5.52. The zero-order valence-electron chi connectivity index (χ0n) is 11.8. The number of benzene rings is 2. The molecule has 2 rings (SSSR count). The first kappa shape index (κ1) is 15.0. The van der Waals surface area contributed by atoms with Crippen molar-refractivity contribution in [1.82, 2.24) is 0 Å². The number of carbonyl (C=O) groups is 1. The SMILES string of the molecule is Cc1ccc(NC(=O)c2cccc(C(C)(F)F)c2)cc1N. The number of rotatable bonds is 3. The van der Waals surface area contributed by atoms with E-state index in [1.807, 2.05) is 6.92 Å². The van der Waals surface area contributed by atoms with Crippen molar-refractivity contribution in [2.45, 2.75) is 19.8 Å². The third-order valence-corrected chi connectivity index (χ3v) is 3.17. The predicted octanol–water partition coefficient (Wildman–Crippen LogP) is 3.94. The summed E-state index contributed by atoms with van der Waals surface area (Å²) in [6, 6.07) is 10.5. The summed E-state index contributed by atoms with van der Waals surface area (Å²) in [5.41, 5.74) is 7.73. The number of halogens is 2. The molecule has 0 spiro atoms. The van der Waals surface area contributed by atoms with Crippen LogP contribution < -0.4 is 11.1 Å². The number of anilines is 2. The maximum atomic E-state index is 13.3. The fourth-order valence-electron chi connectivity index (χ4n) is 1.85. The van der Waals surface area contributed by atoms with Gasteiger partial charge < -0.3 is 11.1 Å². The molecule has 0 bridgehead atoms. The molecule has 0 unspecified atom stereocenters. The van der Waals surface area contributed by atoms with Gasteiger partial charge in [0.05, 0.1) is 0 Å². The van der Waals surface area contributed by atoms with Gasteiger partial charge in [0.1, 0.15) is 0 Å². The molecule has 2 aromatic rings. The van der Waals surface area contributed by atoms with Gasteiger partial charge in [-0.1, -0.05) is 18.2 Å². The van der Waals surface area contributed by atoms with Crippen LogP contribution in [0.3, 0.4) is 0 Å². The van der Waals surface area contributed by atoms with Crippen LogP contribution >= 0.6 is 0 Å². The first-order valence-corrected chi connectivity index (χ1v) is 6.43. The molecule has 21 heavy (non-hydrogen) atoms. The molecule has 0 saturated carbocycles. The minimum atomic E-state index is -2.98. The van der Waals surface area contributed by atoms with E-state index in [1.54, 1.807) is 18.2 Å². The van der Waals surface area contributed by atoms with Crippen LogP contribution in [-0.4, -0.2) is 5.91 Å². The highest BCUT2D eigenvalue weighted by atomic mass is 19.3. The lowest BCUT2D eigenvalue weighted by atomic mass is 10.1. The Morgan fingerprint density at radius 1 is 1.19 bits per heavy atom.